The van der Waals surface area contributed by atoms with Crippen LogP contribution in [0.5, 0.6) is 0 Å². The highest BCUT2D eigenvalue weighted by Gasteiger charge is 2.17. The molecule has 0 spiro atoms. The lowest BCUT2D eigenvalue weighted by Gasteiger charge is -2.31. The van der Waals surface area contributed by atoms with Gasteiger partial charge in [-0.3, -0.25) is 4.79 Å². The van der Waals surface area contributed by atoms with E-state index in [2.05, 4.69) is 21.9 Å². The summed E-state index contributed by atoms with van der Waals surface area (Å²) in [4.78, 5) is 13.3. The molecule has 1 aliphatic heterocycles. The van der Waals surface area contributed by atoms with Crippen molar-refractivity contribution >= 4 is 5.97 Å². The average molecular weight is 214 g/mol. The van der Waals surface area contributed by atoms with Crippen LogP contribution in [0.2, 0.25) is 0 Å². The van der Waals surface area contributed by atoms with Crippen LogP contribution in [0.25, 0.3) is 0 Å². The minimum Gasteiger partial charge on any atom is -0.469 e. The topological polar surface area (TPSA) is 41.6 Å². The third-order valence-electron chi connectivity index (χ3n) is 3.02. The Hall–Kier alpha value is -0.610. The summed E-state index contributed by atoms with van der Waals surface area (Å²) in [6, 6.07) is 0.581. The number of esters is 1. The lowest BCUT2D eigenvalue weighted by atomic mass is 10.1. The van der Waals surface area contributed by atoms with Crippen LogP contribution in [-0.2, 0) is 9.53 Å². The summed E-state index contributed by atoms with van der Waals surface area (Å²) in [6.45, 7) is 6.43. The Morgan fingerprint density at radius 3 is 2.67 bits per heavy atom. The van der Waals surface area contributed by atoms with Crippen LogP contribution in [0.15, 0.2) is 0 Å². The van der Waals surface area contributed by atoms with E-state index in [1.54, 1.807) is 0 Å². The van der Waals surface area contributed by atoms with Gasteiger partial charge in [0.1, 0.15) is 0 Å². The van der Waals surface area contributed by atoms with E-state index in [0.29, 0.717) is 12.5 Å². The number of rotatable bonds is 5. The number of nitrogens with one attached hydrogen (secondary N) is 1. The molecule has 0 aromatic rings. The monoisotopic (exact) mass is 214 g/mol. The Bertz CT molecular complexity index is 189. The zero-order chi connectivity index (χ0) is 11.1. The van der Waals surface area contributed by atoms with Crippen LogP contribution in [-0.4, -0.2) is 50.2 Å². The van der Waals surface area contributed by atoms with Crippen LogP contribution >= 0.6 is 0 Å². The fourth-order valence-corrected chi connectivity index (χ4v) is 1.93. The van der Waals surface area contributed by atoms with Gasteiger partial charge in [0, 0.05) is 12.6 Å². The molecule has 1 aliphatic rings. The van der Waals surface area contributed by atoms with E-state index in [1.165, 1.54) is 33.0 Å². The van der Waals surface area contributed by atoms with Gasteiger partial charge in [0.2, 0.25) is 0 Å². The molecule has 0 amide bonds. The Morgan fingerprint density at radius 1 is 1.47 bits per heavy atom. The Labute approximate surface area is 92.0 Å². The van der Waals surface area contributed by atoms with E-state index in [9.17, 15) is 4.79 Å². The van der Waals surface area contributed by atoms with Gasteiger partial charge in [-0.1, -0.05) is 6.92 Å². The molecule has 0 aromatic heterocycles. The zero-order valence-corrected chi connectivity index (χ0v) is 9.79. The first-order valence-electron chi connectivity index (χ1n) is 5.78. The second-order valence-electron chi connectivity index (χ2n) is 3.99. The molecule has 1 fully saturated rings. The van der Waals surface area contributed by atoms with Crippen LogP contribution in [0.3, 0.4) is 0 Å². The number of carbonyl (C=O) groups excluding carboxylic acids is 1. The summed E-state index contributed by atoms with van der Waals surface area (Å²) >= 11 is 0. The van der Waals surface area contributed by atoms with Crippen molar-refractivity contribution in [2.24, 2.45) is 0 Å². The molecule has 0 atom stereocenters. The molecule has 1 N–H and O–H groups in total. The highest BCUT2D eigenvalue weighted by atomic mass is 16.5. The second kappa shape index (κ2) is 6.80. The highest BCUT2D eigenvalue weighted by molar-refractivity contribution is 5.69. The molecule has 0 bridgehead atoms. The number of ether oxygens (including phenoxy) is 1. The summed E-state index contributed by atoms with van der Waals surface area (Å²) < 4.78 is 4.59. The van der Waals surface area contributed by atoms with E-state index in [1.807, 2.05) is 0 Å². The molecule has 0 unspecified atom stereocenters. The quantitative estimate of drug-likeness (QED) is 0.681. The first-order chi connectivity index (χ1) is 7.26. The maximum Gasteiger partial charge on any atom is 0.306 e. The largest absolute Gasteiger partial charge is 0.469 e. The minimum atomic E-state index is -0.131. The molecule has 0 aliphatic carbocycles. The maximum atomic E-state index is 10.9. The van der Waals surface area contributed by atoms with E-state index >= 15 is 0 Å². The van der Waals surface area contributed by atoms with Crippen molar-refractivity contribution in [3.8, 4) is 0 Å². The normalized spacial score (nSPS) is 19.1. The fraction of sp³-hybridized carbons (Fsp3) is 0.909. The molecule has 88 valence electrons. The van der Waals surface area contributed by atoms with E-state index in [0.717, 1.165) is 13.1 Å². The van der Waals surface area contributed by atoms with Gasteiger partial charge in [-0.25, -0.2) is 0 Å². The third-order valence-corrected chi connectivity index (χ3v) is 3.02. The smallest absolute Gasteiger partial charge is 0.306 e. The molecule has 1 rings (SSSR count). The Morgan fingerprint density at radius 2 is 2.13 bits per heavy atom. The van der Waals surface area contributed by atoms with Crippen LogP contribution in [0, 0.1) is 0 Å². The predicted molar refractivity (Wildman–Crippen MR) is 59.8 cm³/mol. The van der Waals surface area contributed by atoms with Crippen molar-refractivity contribution in [3.63, 3.8) is 0 Å². The summed E-state index contributed by atoms with van der Waals surface area (Å²) in [5, 5.41) is 3.40. The summed E-state index contributed by atoms with van der Waals surface area (Å²) in [5.74, 6) is -0.131. The second-order valence-corrected chi connectivity index (χ2v) is 3.99. The van der Waals surface area contributed by atoms with Gasteiger partial charge in [-0.05, 0) is 32.5 Å². The van der Waals surface area contributed by atoms with Gasteiger partial charge >= 0.3 is 5.97 Å². The van der Waals surface area contributed by atoms with Crippen molar-refractivity contribution in [2.45, 2.75) is 32.2 Å². The number of piperidine rings is 1. The van der Waals surface area contributed by atoms with Crippen molar-refractivity contribution in [3.05, 3.63) is 0 Å². The van der Waals surface area contributed by atoms with E-state index < -0.39 is 0 Å². The average Bonchev–Trinajstić information content (AvgIpc) is 2.29. The number of hydrogen-bond donors (Lipinski definition) is 1. The minimum absolute atomic E-state index is 0.131. The maximum absolute atomic E-state index is 10.9. The van der Waals surface area contributed by atoms with Crippen LogP contribution in [0.4, 0.5) is 0 Å². The summed E-state index contributed by atoms with van der Waals surface area (Å²) in [5.41, 5.74) is 0. The number of nitrogens with zero attached hydrogens (tertiary/aromatic N) is 1. The van der Waals surface area contributed by atoms with Crippen molar-refractivity contribution in [1.29, 1.82) is 0 Å². The van der Waals surface area contributed by atoms with Gasteiger partial charge < -0.3 is 15.0 Å². The van der Waals surface area contributed by atoms with E-state index in [-0.39, 0.29) is 5.97 Å². The molecule has 0 saturated carbocycles. The number of carbonyl (C=O) groups is 1. The molecule has 1 saturated heterocycles. The predicted octanol–water partition coefficient (Wildman–Crippen LogP) is 0.623. The standard InChI is InChI=1S/C11H22N2O2/c1-3-13-8-5-10(6-9-13)12-7-4-11(14)15-2/h10,12H,3-9H2,1-2H3. The van der Waals surface area contributed by atoms with E-state index in [4.69, 9.17) is 0 Å². The van der Waals surface area contributed by atoms with Gasteiger partial charge in [0.15, 0.2) is 0 Å². The molecule has 1 heterocycles. The van der Waals surface area contributed by atoms with Gasteiger partial charge in [0.25, 0.3) is 0 Å². The zero-order valence-electron chi connectivity index (χ0n) is 9.79. The SMILES string of the molecule is CCN1CCC(NCCC(=O)OC)CC1. The Kier molecular flexibility index (Phi) is 5.65. The lowest BCUT2D eigenvalue weighted by Crippen LogP contribution is -2.42. The molecule has 4 nitrogen and oxygen atoms in total. The highest BCUT2D eigenvalue weighted by Crippen LogP contribution is 2.09. The number of methoxy groups -OCH3 is 1. The first-order valence-corrected chi connectivity index (χ1v) is 5.78. The molecule has 0 radical (unpaired) electrons. The van der Waals surface area contributed by atoms with Crippen molar-refractivity contribution in [1.82, 2.24) is 10.2 Å². The number of hydrogen-bond acceptors (Lipinski definition) is 4. The molecule has 15 heavy (non-hydrogen) atoms. The third kappa shape index (κ3) is 4.62. The Balaban J connectivity index is 2.06. The van der Waals surface area contributed by atoms with Crippen LogP contribution in [0.1, 0.15) is 26.2 Å². The lowest BCUT2D eigenvalue weighted by molar-refractivity contribution is -0.140. The molecular formula is C11H22N2O2. The molecule has 0 aromatic carbocycles. The summed E-state index contributed by atoms with van der Waals surface area (Å²) in [6.07, 6.45) is 2.86. The first kappa shape index (κ1) is 12.5. The van der Waals surface area contributed by atoms with Crippen molar-refractivity contribution in [2.75, 3.05) is 33.3 Å². The summed E-state index contributed by atoms with van der Waals surface area (Å²) in [7, 11) is 1.43. The van der Waals surface area contributed by atoms with Crippen molar-refractivity contribution < 1.29 is 9.53 Å². The molecular weight excluding hydrogens is 192 g/mol. The number of likely N-dealkylation sites (tertiary alicyclic amines) is 1. The van der Waals surface area contributed by atoms with Gasteiger partial charge in [-0.2, -0.15) is 0 Å². The van der Waals surface area contributed by atoms with Crippen LogP contribution < -0.4 is 5.32 Å². The molecule has 4 heteroatoms. The van der Waals surface area contributed by atoms with Gasteiger partial charge in [-0.15, -0.1) is 0 Å². The fourth-order valence-electron chi connectivity index (χ4n) is 1.93. The van der Waals surface area contributed by atoms with Gasteiger partial charge in [0.05, 0.1) is 13.5 Å².